The molecule has 0 unspecified atom stereocenters. The van der Waals surface area contributed by atoms with E-state index in [0.29, 0.717) is 47.5 Å². The van der Waals surface area contributed by atoms with Crippen molar-refractivity contribution in [1.29, 1.82) is 0 Å². The summed E-state index contributed by atoms with van der Waals surface area (Å²) >= 11 is 6.37. The molecule has 33 heavy (non-hydrogen) atoms. The zero-order valence-corrected chi connectivity index (χ0v) is 19.8. The molecule has 0 aliphatic heterocycles. The van der Waals surface area contributed by atoms with E-state index < -0.39 is 0 Å². The summed E-state index contributed by atoms with van der Waals surface area (Å²) in [6, 6.07) is 11.4. The molecule has 0 saturated heterocycles. The molecule has 0 radical (unpaired) electrons. The number of aryl methyl sites for hydroxylation is 2. The standard InChI is InChI=1S/C25H26ClN3O4/c1-5-31-22(30)11-8-16-6-9-19(18-12-13-29(4)23(16)18)24-27-25(33-28-24)17-7-10-21(20(26)14-17)32-15(2)3/h6-7,9-10,12-15H,5,8,11H2,1-4H3. The van der Waals surface area contributed by atoms with Crippen molar-refractivity contribution in [1.82, 2.24) is 14.7 Å². The SMILES string of the molecule is CCOC(=O)CCc1ccc(-c2noc(-c3ccc(OC(C)C)c(Cl)c3)n2)c2ccn(C)c12. The number of hydrogen-bond acceptors (Lipinski definition) is 6. The minimum absolute atomic E-state index is 0.0249. The van der Waals surface area contributed by atoms with E-state index in [4.69, 9.17) is 25.6 Å². The molecule has 0 bridgehead atoms. The molecule has 2 aromatic heterocycles. The zero-order chi connectivity index (χ0) is 23.5. The Labute approximate surface area is 197 Å². The van der Waals surface area contributed by atoms with Gasteiger partial charge in [0.1, 0.15) is 5.75 Å². The van der Waals surface area contributed by atoms with Crippen LogP contribution in [0.25, 0.3) is 33.7 Å². The van der Waals surface area contributed by atoms with Crippen molar-refractivity contribution in [3.63, 3.8) is 0 Å². The van der Waals surface area contributed by atoms with E-state index in [9.17, 15) is 4.79 Å². The first-order valence-corrected chi connectivity index (χ1v) is 11.3. The van der Waals surface area contributed by atoms with Crippen LogP contribution in [0.5, 0.6) is 5.75 Å². The van der Waals surface area contributed by atoms with Crippen LogP contribution in [0.3, 0.4) is 0 Å². The number of ether oxygens (including phenoxy) is 2. The van der Waals surface area contributed by atoms with Gasteiger partial charge in [-0.2, -0.15) is 4.98 Å². The van der Waals surface area contributed by atoms with Crippen LogP contribution in [0.1, 0.15) is 32.8 Å². The van der Waals surface area contributed by atoms with Crippen LogP contribution in [0, 0.1) is 0 Å². The molecule has 0 N–H and O–H groups in total. The minimum Gasteiger partial charge on any atom is -0.489 e. The van der Waals surface area contributed by atoms with E-state index >= 15 is 0 Å². The number of hydrogen-bond donors (Lipinski definition) is 0. The molecule has 2 heterocycles. The first-order valence-electron chi connectivity index (χ1n) is 10.9. The molecule has 0 aliphatic rings. The summed E-state index contributed by atoms with van der Waals surface area (Å²) in [5, 5.41) is 5.68. The first kappa shape index (κ1) is 22.9. The number of carbonyl (C=O) groups excluding carboxylic acids is 1. The monoisotopic (exact) mass is 467 g/mol. The summed E-state index contributed by atoms with van der Waals surface area (Å²) in [6.45, 7) is 6.08. The van der Waals surface area contributed by atoms with Gasteiger partial charge in [0.05, 0.1) is 23.3 Å². The van der Waals surface area contributed by atoms with Crippen molar-refractivity contribution in [3.8, 4) is 28.6 Å². The maximum atomic E-state index is 11.8. The van der Waals surface area contributed by atoms with Crippen molar-refractivity contribution in [3.05, 3.63) is 53.2 Å². The predicted molar refractivity (Wildman–Crippen MR) is 127 cm³/mol. The van der Waals surface area contributed by atoms with Crippen LogP contribution in [-0.4, -0.2) is 33.4 Å². The van der Waals surface area contributed by atoms with Gasteiger partial charge in [-0.25, -0.2) is 0 Å². The Bertz CT molecular complexity index is 1290. The lowest BCUT2D eigenvalue weighted by molar-refractivity contribution is -0.143. The summed E-state index contributed by atoms with van der Waals surface area (Å²) in [5.74, 6) is 1.27. The molecule has 0 spiro atoms. The van der Waals surface area contributed by atoms with Crippen molar-refractivity contribution in [2.45, 2.75) is 39.7 Å². The highest BCUT2D eigenvalue weighted by molar-refractivity contribution is 6.32. The largest absolute Gasteiger partial charge is 0.489 e. The van der Waals surface area contributed by atoms with Crippen molar-refractivity contribution in [2.24, 2.45) is 7.05 Å². The number of nitrogens with zero attached hydrogens (tertiary/aromatic N) is 3. The molecule has 0 saturated carbocycles. The minimum atomic E-state index is -0.199. The number of carbonyl (C=O) groups is 1. The molecule has 4 rings (SSSR count). The predicted octanol–water partition coefficient (Wildman–Crippen LogP) is 5.83. The third-order valence-corrected chi connectivity index (χ3v) is 5.53. The van der Waals surface area contributed by atoms with E-state index in [1.165, 1.54) is 0 Å². The third kappa shape index (κ3) is 4.88. The van der Waals surface area contributed by atoms with Gasteiger partial charge >= 0.3 is 5.97 Å². The summed E-state index contributed by atoms with van der Waals surface area (Å²) in [4.78, 5) is 16.4. The number of halogens is 1. The van der Waals surface area contributed by atoms with Gasteiger partial charge in [0.2, 0.25) is 5.82 Å². The Kier molecular flexibility index (Phi) is 6.70. The maximum Gasteiger partial charge on any atom is 0.306 e. The van der Waals surface area contributed by atoms with Gasteiger partial charge in [0, 0.05) is 36.2 Å². The highest BCUT2D eigenvalue weighted by atomic mass is 35.5. The smallest absolute Gasteiger partial charge is 0.306 e. The lowest BCUT2D eigenvalue weighted by Crippen LogP contribution is -2.06. The Morgan fingerprint density at radius 1 is 1.21 bits per heavy atom. The topological polar surface area (TPSA) is 79.4 Å². The second kappa shape index (κ2) is 9.67. The average Bonchev–Trinajstić information content (AvgIpc) is 3.41. The van der Waals surface area contributed by atoms with Gasteiger partial charge in [-0.1, -0.05) is 28.9 Å². The molecule has 0 atom stereocenters. The number of benzene rings is 2. The highest BCUT2D eigenvalue weighted by Gasteiger charge is 2.18. The van der Waals surface area contributed by atoms with Crippen LogP contribution in [0.15, 0.2) is 47.1 Å². The molecule has 0 aliphatic carbocycles. The van der Waals surface area contributed by atoms with E-state index in [2.05, 4.69) is 10.1 Å². The van der Waals surface area contributed by atoms with E-state index in [0.717, 1.165) is 22.0 Å². The number of aromatic nitrogens is 3. The Hall–Kier alpha value is -3.32. The van der Waals surface area contributed by atoms with Crippen molar-refractivity contribution in [2.75, 3.05) is 6.61 Å². The Morgan fingerprint density at radius 2 is 2.03 bits per heavy atom. The lowest BCUT2D eigenvalue weighted by Gasteiger charge is -2.11. The molecule has 0 amide bonds. The van der Waals surface area contributed by atoms with Gasteiger partial charge in [-0.05, 0) is 57.0 Å². The van der Waals surface area contributed by atoms with E-state index in [-0.39, 0.29) is 12.1 Å². The van der Waals surface area contributed by atoms with E-state index in [1.54, 1.807) is 12.1 Å². The van der Waals surface area contributed by atoms with Crippen LogP contribution in [-0.2, 0) is 23.0 Å². The normalized spacial score (nSPS) is 11.3. The molecule has 8 heteroatoms. The molecule has 4 aromatic rings. The van der Waals surface area contributed by atoms with Crippen LogP contribution < -0.4 is 4.74 Å². The molecular formula is C25H26ClN3O4. The maximum absolute atomic E-state index is 11.8. The summed E-state index contributed by atoms with van der Waals surface area (Å²) in [7, 11) is 1.98. The van der Waals surface area contributed by atoms with Crippen LogP contribution >= 0.6 is 11.6 Å². The van der Waals surface area contributed by atoms with Gasteiger partial charge in [-0.15, -0.1) is 0 Å². The number of rotatable bonds is 8. The first-order chi connectivity index (χ1) is 15.9. The van der Waals surface area contributed by atoms with Crippen LogP contribution in [0.4, 0.5) is 0 Å². The molecular weight excluding hydrogens is 442 g/mol. The third-order valence-electron chi connectivity index (χ3n) is 5.23. The zero-order valence-electron chi connectivity index (χ0n) is 19.1. The van der Waals surface area contributed by atoms with Gasteiger partial charge in [-0.3, -0.25) is 4.79 Å². The van der Waals surface area contributed by atoms with Crippen molar-refractivity contribution < 1.29 is 18.8 Å². The molecule has 172 valence electrons. The number of esters is 1. The Morgan fingerprint density at radius 3 is 2.76 bits per heavy atom. The fraction of sp³-hybridized carbons (Fsp3) is 0.320. The van der Waals surface area contributed by atoms with Crippen LogP contribution in [0.2, 0.25) is 5.02 Å². The average molecular weight is 468 g/mol. The summed E-state index contributed by atoms with van der Waals surface area (Å²) in [5.41, 5.74) is 3.66. The van der Waals surface area contributed by atoms with E-state index in [1.807, 2.05) is 62.8 Å². The fourth-order valence-electron chi connectivity index (χ4n) is 3.80. The lowest BCUT2D eigenvalue weighted by atomic mass is 10.0. The quantitative estimate of drug-likeness (QED) is 0.303. The summed E-state index contributed by atoms with van der Waals surface area (Å²) in [6.07, 6.45) is 2.93. The molecule has 2 aromatic carbocycles. The second-order valence-corrected chi connectivity index (χ2v) is 8.41. The fourth-order valence-corrected chi connectivity index (χ4v) is 4.02. The molecule has 7 nitrogen and oxygen atoms in total. The highest BCUT2D eigenvalue weighted by Crippen LogP contribution is 2.34. The van der Waals surface area contributed by atoms with Gasteiger partial charge < -0.3 is 18.6 Å². The van der Waals surface area contributed by atoms with Gasteiger partial charge in [0.25, 0.3) is 5.89 Å². The second-order valence-electron chi connectivity index (χ2n) is 8.00. The summed E-state index contributed by atoms with van der Waals surface area (Å²) < 4.78 is 18.3. The van der Waals surface area contributed by atoms with Crippen molar-refractivity contribution >= 4 is 28.5 Å². The number of fused-ring (bicyclic) bond motifs is 1. The van der Waals surface area contributed by atoms with Gasteiger partial charge in [0.15, 0.2) is 0 Å². The Balaban J connectivity index is 1.64. The molecule has 0 fully saturated rings.